The molecule has 1 N–H and O–H groups in total. The Bertz CT molecular complexity index is 551. The lowest BCUT2D eigenvalue weighted by Crippen LogP contribution is -2.46. The van der Waals surface area contributed by atoms with Gasteiger partial charge in [-0.1, -0.05) is 12.1 Å². The molecule has 1 saturated heterocycles. The molecule has 2 rings (SSSR count). The number of piperidine rings is 1. The van der Waals surface area contributed by atoms with Crippen LogP contribution >= 0.6 is 0 Å². The van der Waals surface area contributed by atoms with Gasteiger partial charge in [0.1, 0.15) is 5.75 Å². The minimum absolute atomic E-state index is 0.147. The zero-order valence-electron chi connectivity index (χ0n) is 14.9. The van der Waals surface area contributed by atoms with E-state index in [1.54, 1.807) is 14.2 Å². The number of carbonyl (C=O) groups excluding carboxylic acids is 1. The quantitative estimate of drug-likeness (QED) is 0.659. The Kier molecular flexibility index (Phi) is 6.90. The maximum Gasteiger partial charge on any atom is 0.241 e. The molecule has 1 aromatic carbocycles. The van der Waals surface area contributed by atoms with Crippen LogP contribution in [0.5, 0.6) is 5.75 Å². The van der Waals surface area contributed by atoms with Gasteiger partial charge in [0.05, 0.1) is 13.7 Å². The van der Waals surface area contributed by atoms with E-state index in [2.05, 4.69) is 10.3 Å². The van der Waals surface area contributed by atoms with Gasteiger partial charge in [0.25, 0.3) is 0 Å². The van der Waals surface area contributed by atoms with Crippen LogP contribution in [0.2, 0.25) is 0 Å². The van der Waals surface area contributed by atoms with Crippen LogP contribution in [0.15, 0.2) is 29.3 Å². The molecule has 1 aromatic rings. The molecule has 0 radical (unpaired) electrons. The average molecular weight is 332 g/mol. The van der Waals surface area contributed by atoms with Crippen molar-refractivity contribution < 1.29 is 9.53 Å². The molecular weight excluding hydrogens is 304 g/mol. The lowest BCUT2D eigenvalue weighted by molar-refractivity contribution is -0.130. The minimum Gasteiger partial charge on any atom is -0.497 e. The highest BCUT2D eigenvalue weighted by molar-refractivity contribution is 5.86. The van der Waals surface area contributed by atoms with Crippen LogP contribution < -0.4 is 10.1 Å². The van der Waals surface area contributed by atoms with E-state index in [9.17, 15) is 4.79 Å². The molecule has 0 spiro atoms. The maximum atomic E-state index is 12.2. The van der Waals surface area contributed by atoms with Crippen LogP contribution in [0.1, 0.15) is 24.8 Å². The first kappa shape index (κ1) is 18.1. The van der Waals surface area contributed by atoms with Crippen molar-refractivity contribution in [2.24, 2.45) is 4.99 Å². The van der Waals surface area contributed by atoms with Crippen molar-refractivity contribution in [2.45, 2.75) is 25.8 Å². The number of amides is 1. The summed E-state index contributed by atoms with van der Waals surface area (Å²) in [6, 6.07) is 7.95. The zero-order chi connectivity index (χ0) is 17.4. The molecule has 0 aromatic heterocycles. The van der Waals surface area contributed by atoms with Crippen LogP contribution in [-0.4, -0.2) is 62.5 Å². The molecule has 6 heteroatoms. The second-order valence-corrected chi connectivity index (χ2v) is 6.05. The number of carbonyl (C=O) groups is 1. The van der Waals surface area contributed by atoms with Gasteiger partial charge in [-0.25, -0.2) is 0 Å². The van der Waals surface area contributed by atoms with E-state index in [1.165, 1.54) is 6.42 Å². The van der Waals surface area contributed by atoms with E-state index in [0.717, 1.165) is 43.2 Å². The number of guanidine groups is 1. The molecule has 0 atom stereocenters. The standard InChI is InChI=1S/C18H28N4O2/c1-19-18(20-13-17(23)22-11-5-4-6-12-22)21(2)14-15-7-9-16(24-3)10-8-15/h7-10H,4-6,11-14H2,1-3H3,(H,19,20). The molecule has 0 aliphatic carbocycles. The fourth-order valence-corrected chi connectivity index (χ4v) is 2.87. The van der Waals surface area contributed by atoms with Gasteiger partial charge in [-0.05, 0) is 37.0 Å². The van der Waals surface area contributed by atoms with Crippen LogP contribution in [-0.2, 0) is 11.3 Å². The number of ether oxygens (including phenoxy) is 1. The first-order valence-electron chi connectivity index (χ1n) is 8.46. The number of hydrogen-bond donors (Lipinski definition) is 1. The number of nitrogens with one attached hydrogen (secondary N) is 1. The Hall–Kier alpha value is -2.24. The summed E-state index contributed by atoms with van der Waals surface area (Å²) in [5.74, 6) is 1.71. The summed E-state index contributed by atoms with van der Waals surface area (Å²) >= 11 is 0. The number of rotatable bonds is 5. The number of benzene rings is 1. The Morgan fingerprint density at radius 1 is 1.25 bits per heavy atom. The Morgan fingerprint density at radius 2 is 1.92 bits per heavy atom. The molecule has 24 heavy (non-hydrogen) atoms. The number of nitrogens with zero attached hydrogens (tertiary/aromatic N) is 3. The van der Waals surface area contributed by atoms with Crippen molar-refractivity contribution in [2.75, 3.05) is 40.8 Å². The van der Waals surface area contributed by atoms with Gasteiger partial charge in [-0.15, -0.1) is 0 Å². The number of methoxy groups -OCH3 is 1. The molecular formula is C18H28N4O2. The predicted molar refractivity (Wildman–Crippen MR) is 96.3 cm³/mol. The third-order valence-electron chi connectivity index (χ3n) is 4.26. The normalized spacial score (nSPS) is 15.1. The summed E-state index contributed by atoms with van der Waals surface area (Å²) in [6.45, 7) is 2.75. The monoisotopic (exact) mass is 332 g/mol. The molecule has 1 aliphatic rings. The van der Waals surface area contributed by atoms with Crippen LogP contribution in [0.4, 0.5) is 0 Å². The van der Waals surface area contributed by atoms with E-state index in [4.69, 9.17) is 4.74 Å². The second-order valence-electron chi connectivity index (χ2n) is 6.05. The van der Waals surface area contributed by atoms with Crippen LogP contribution in [0, 0.1) is 0 Å². The lowest BCUT2D eigenvalue weighted by Gasteiger charge is -2.28. The topological polar surface area (TPSA) is 57.2 Å². The first-order chi connectivity index (χ1) is 11.6. The van der Waals surface area contributed by atoms with Crippen molar-refractivity contribution in [1.29, 1.82) is 0 Å². The SMILES string of the molecule is CN=C(NCC(=O)N1CCCCC1)N(C)Cc1ccc(OC)cc1. The van der Waals surface area contributed by atoms with Crippen molar-refractivity contribution in [3.63, 3.8) is 0 Å². The summed E-state index contributed by atoms with van der Waals surface area (Å²) in [5.41, 5.74) is 1.16. The Labute approximate surface area is 144 Å². The highest BCUT2D eigenvalue weighted by Crippen LogP contribution is 2.12. The maximum absolute atomic E-state index is 12.2. The lowest BCUT2D eigenvalue weighted by atomic mass is 10.1. The molecule has 0 saturated carbocycles. The van der Waals surface area contributed by atoms with Crippen LogP contribution in [0.25, 0.3) is 0 Å². The third-order valence-corrected chi connectivity index (χ3v) is 4.26. The predicted octanol–water partition coefficient (Wildman–Crippen LogP) is 1.71. The highest BCUT2D eigenvalue weighted by atomic mass is 16.5. The van der Waals surface area contributed by atoms with E-state index >= 15 is 0 Å². The molecule has 0 bridgehead atoms. The van der Waals surface area contributed by atoms with Gasteiger partial charge in [0.15, 0.2) is 5.96 Å². The van der Waals surface area contributed by atoms with Crippen molar-refractivity contribution >= 4 is 11.9 Å². The molecule has 1 heterocycles. The molecule has 6 nitrogen and oxygen atoms in total. The van der Waals surface area contributed by atoms with Gasteiger partial charge in [-0.3, -0.25) is 9.79 Å². The zero-order valence-corrected chi connectivity index (χ0v) is 14.9. The summed E-state index contributed by atoms with van der Waals surface area (Å²) in [7, 11) is 5.36. The summed E-state index contributed by atoms with van der Waals surface area (Å²) in [4.78, 5) is 20.5. The third kappa shape index (κ3) is 5.15. The summed E-state index contributed by atoms with van der Waals surface area (Å²) < 4.78 is 5.17. The van der Waals surface area contributed by atoms with E-state index in [-0.39, 0.29) is 5.91 Å². The summed E-state index contributed by atoms with van der Waals surface area (Å²) in [5, 5.41) is 3.17. The van der Waals surface area contributed by atoms with Gasteiger partial charge >= 0.3 is 0 Å². The molecule has 0 unspecified atom stereocenters. The van der Waals surface area contributed by atoms with Gasteiger partial charge in [-0.2, -0.15) is 0 Å². The average Bonchev–Trinajstić information content (AvgIpc) is 2.63. The van der Waals surface area contributed by atoms with Crippen molar-refractivity contribution in [3.05, 3.63) is 29.8 Å². The van der Waals surface area contributed by atoms with Crippen molar-refractivity contribution in [1.82, 2.24) is 15.1 Å². The van der Waals surface area contributed by atoms with Gasteiger partial charge < -0.3 is 19.9 Å². The first-order valence-corrected chi connectivity index (χ1v) is 8.46. The fraction of sp³-hybridized carbons (Fsp3) is 0.556. The minimum atomic E-state index is 0.147. The fourth-order valence-electron chi connectivity index (χ4n) is 2.87. The largest absolute Gasteiger partial charge is 0.497 e. The highest BCUT2D eigenvalue weighted by Gasteiger charge is 2.17. The van der Waals surface area contributed by atoms with Gasteiger partial charge in [0.2, 0.25) is 5.91 Å². The van der Waals surface area contributed by atoms with Crippen LogP contribution in [0.3, 0.4) is 0 Å². The number of aliphatic imine (C=N–C) groups is 1. The van der Waals surface area contributed by atoms with Crippen molar-refractivity contribution in [3.8, 4) is 5.75 Å². The molecule has 1 fully saturated rings. The molecule has 132 valence electrons. The van der Waals surface area contributed by atoms with E-state index < -0.39 is 0 Å². The molecule has 1 aliphatic heterocycles. The van der Waals surface area contributed by atoms with E-state index in [1.807, 2.05) is 41.1 Å². The molecule has 1 amide bonds. The number of hydrogen-bond acceptors (Lipinski definition) is 3. The smallest absolute Gasteiger partial charge is 0.241 e. The van der Waals surface area contributed by atoms with Gasteiger partial charge in [0, 0.05) is 33.7 Å². The number of likely N-dealkylation sites (tertiary alicyclic amines) is 1. The second kappa shape index (κ2) is 9.15. The summed E-state index contributed by atoms with van der Waals surface area (Å²) in [6.07, 6.45) is 3.44. The Balaban J connectivity index is 1.84. The Morgan fingerprint density at radius 3 is 2.50 bits per heavy atom. The van der Waals surface area contributed by atoms with E-state index in [0.29, 0.717) is 13.1 Å².